The molecule has 0 spiro atoms. The first-order valence-electron chi connectivity index (χ1n) is 6.98. The van der Waals surface area contributed by atoms with Crippen LogP contribution in [0.15, 0.2) is 24.5 Å². The average molecular weight is 336 g/mol. The highest BCUT2D eigenvalue weighted by atomic mass is 79.9. The summed E-state index contributed by atoms with van der Waals surface area (Å²) in [5.41, 5.74) is 1.58. The molecule has 2 aromatic heterocycles. The van der Waals surface area contributed by atoms with Crippen molar-refractivity contribution in [1.82, 2.24) is 19.9 Å². The van der Waals surface area contributed by atoms with Crippen LogP contribution in [0.4, 0.5) is 5.82 Å². The Kier molecular flexibility index (Phi) is 4.42. The van der Waals surface area contributed by atoms with Gasteiger partial charge in [0.05, 0.1) is 0 Å². The molecule has 6 heteroatoms. The van der Waals surface area contributed by atoms with Crippen LogP contribution in [-0.2, 0) is 0 Å². The van der Waals surface area contributed by atoms with E-state index < -0.39 is 0 Å². The molecular formula is C14H18BrN5. The number of pyridine rings is 1. The second-order valence-electron chi connectivity index (χ2n) is 4.94. The normalized spacial score (nSPS) is 17.4. The summed E-state index contributed by atoms with van der Waals surface area (Å²) in [6.07, 6.45) is 4.57. The summed E-state index contributed by atoms with van der Waals surface area (Å²) in [5.74, 6) is 1.01. The van der Waals surface area contributed by atoms with Crippen molar-refractivity contribution in [2.75, 3.05) is 43.0 Å². The summed E-state index contributed by atoms with van der Waals surface area (Å²) < 4.78 is 0. The molecule has 1 saturated heterocycles. The largest absolute Gasteiger partial charge is 0.355 e. The summed E-state index contributed by atoms with van der Waals surface area (Å²) in [6, 6.07) is 4.06. The van der Waals surface area contributed by atoms with E-state index in [2.05, 4.69) is 46.7 Å². The van der Waals surface area contributed by atoms with Gasteiger partial charge in [0, 0.05) is 43.9 Å². The van der Waals surface area contributed by atoms with E-state index in [1.54, 1.807) is 12.4 Å². The van der Waals surface area contributed by atoms with Crippen LogP contribution in [-0.4, -0.2) is 57.9 Å². The Morgan fingerprint density at radius 1 is 1.05 bits per heavy atom. The van der Waals surface area contributed by atoms with Crippen molar-refractivity contribution in [3.63, 3.8) is 0 Å². The van der Waals surface area contributed by atoms with Gasteiger partial charge in [0.25, 0.3) is 0 Å². The zero-order valence-electron chi connectivity index (χ0n) is 11.4. The van der Waals surface area contributed by atoms with E-state index in [1.807, 2.05) is 6.07 Å². The molecule has 0 aliphatic carbocycles. The maximum atomic E-state index is 4.64. The molecular weight excluding hydrogens is 318 g/mol. The Morgan fingerprint density at radius 2 is 1.95 bits per heavy atom. The van der Waals surface area contributed by atoms with Crippen molar-refractivity contribution in [2.45, 2.75) is 6.42 Å². The third-order valence-electron chi connectivity index (χ3n) is 3.63. The van der Waals surface area contributed by atoms with E-state index in [9.17, 15) is 0 Å². The first kappa shape index (κ1) is 13.7. The van der Waals surface area contributed by atoms with Crippen LogP contribution < -0.4 is 4.90 Å². The van der Waals surface area contributed by atoms with Gasteiger partial charge in [-0.1, -0.05) is 15.9 Å². The second kappa shape index (κ2) is 6.45. The molecule has 5 nitrogen and oxygen atoms in total. The van der Waals surface area contributed by atoms with Gasteiger partial charge in [0.15, 0.2) is 5.65 Å². The number of nitrogens with zero attached hydrogens (tertiary/aromatic N) is 5. The predicted molar refractivity (Wildman–Crippen MR) is 84.4 cm³/mol. The zero-order valence-corrected chi connectivity index (χ0v) is 13.0. The number of anilines is 1. The Balaban J connectivity index is 1.77. The Labute approximate surface area is 127 Å². The molecule has 106 valence electrons. The van der Waals surface area contributed by atoms with Crippen LogP contribution in [0.25, 0.3) is 11.2 Å². The molecule has 0 aromatic carbocycles. The van der Waals surface area contributed by atoms with Gasteiger partial charge in [-0.2, -0.15) is 0 Å². The molecule has 1 fully saturated rings. The summed E-state index contributed by atoms with van der Waals surface area (Å²) >= 11 is 3.51. The van der Waals surface area contributed by atoms with Gasteiger partial charge < -0.3 is 9.80 Å². The number of halogens is 1. The molecule has 2 aromatic rings. The predicted octanol–water partition coefficient (Wildman–Crippen LogP) is 1.93. The minimum atomic E-state index is 0.728. The third kappa shape index (κ3) is 3.07. The van der Waals surface area contributed by atoms with E-state index in [0.717, 1.165) is 55.0 Å². The van der Waals surface area contributed by atoms with Crippen LogP contribution in [0.3, 0.4) is 0 Å². The quantitative estimate of drug-likeness (QED) is 0.802. The maximum Gasteiger partial charge on any atom is 0.180 e. The highest BCUT2D eigenvalue weighted by molar-refractivity contribution is 9.09. The first-order valence-corrected chi connectivity index (χ1v) is 8.10. The summed E-state index contributed by atoms with van der Waals surface area (Å²) in [5, 5.41) is 1.04. The van der Waals surface area contributed by atoms with Gasteiger partial charge in [-0.3, -0.25) is 4.98 Å². The van der Waals surface area contributed by atoms with Crippen LogP contribution in [0.5, 0.6) is 0 Å². The van der Waals surface area contributed by atoms with E-state index in [4.69, 9.17) is 0 Å². The fourth-order valence-electron chi connectivity index (χ4n) is 2.56. The minimum absolute atomic E-state index is 0.728. The Hall–Kier alpha value is -1.27. The topological polar surface area (TPSA) is 45.2 Å². The average Bonchev–Trinajstić information content (AvgIpc) is 2.73. The SMILES string of the molecule is BrCCN1CCCN(c2ccc3nccnc3n2)CC1. The van der Waals surface area contributed by atoms with E-state index in [1.165, 1.54) is 6.42 Å². The van der Waals surface area contributed by atoms with Crippen LogP contribution in [0.1, 0.15) is 6.42 Å². The van der Waals surface area contributed by atoms with Gasteiger partial charge in [0.2, 0.25) is 0 Å². The van der Waals surface area contributed by atoms with Gasteiger partial charge in [0.1, 0.15) is 11.3 Å². The number of hydrogen-bond donors (Lipinski definition) is 0. The molecule has 20 heavy (non-hydrogen) atoms. The smallest absolute Gasteiger partial charge is 0.180 e. The van der Waals surface area contributed by atoms with Crippen LogP contribution in [0, 0.1) is 0 Å². The molecule has 3 rings (SSSR count). The summed E-state index contributed by atoms with van der Waals surface area (Å²) in [7, 11) is 0. The molecule has 0 N–H and O–H groups in total. The highest BCUT2D eigenvalue weighted by Gasteiger charge is 2.15. The number of hydrogen-bond acceptors (Lipinski definition) is 5. The van der Waals surface area contributed by atoms with E-state index in [-0.39, 0.29) is 0 Å². The number of aromatic nitrogens is 3. The van der Waals surface area contributed by atoms with Crippen LogP contribution >= 0.6 is 15.9 Å². The third-order valence-corrected chi connectivity index (χ3v) is 3.98. The van der Waals surface area contributed by atoms with Crippen molar-refractivity contribution in [2.24, 2.45) is 0 Å². The molecule has 0 unspecified atom stereocenters. The maximum absolute atomic E-state index is 4.64. The lowest BCUT2D eigenvalue weighted by atomic mass is 10.3. The molecule has 0 bridgehead atoms. The first-order chi connectivity index (χ1) is 9.86. The van der Waals surface area contributed by atoms with Gasteiger partial charge >= 0.3 is 0 Å². The van der Waals surface area contributed by atoms with E-state index >= 15 is 0 Å². The van der Waals surface area contributed by atoms with Crippen molar-refractivity contribution >= 4 is 32.9 Å². The monoisotopic (exact) mass is 335 g/mol. The van der Waals surface area contributed by atoms with Crippen molar-refractivity contribution in [1.29, 1.82) is 0 Å². The molecule has 3 heterocycles. The van der Waals surface area contributed by atoms with Crippen molar-refractivity contribution < 1.29 is 0 Å². The fraction of sp³-hybridized carbons (Fsp3) is 0.500. The molecule has 0 amide bonds. The Bertz CT molecular complexity index is 576. The van der Waals surface area contributed by atoms with Crippen LogP contribution in [0.2, 0.25) is 0 Å². The standard InChI is InChI=1S/C14H18BrN5/c15-4-9-19-7-1-8-20(11-10-19)13-3-2-12-14(18-13)17-6-5-16-12/h2-3,5-6H,1,4,7-11H2. The van der Waals surface area contributed by atoms with Gasteiger partial charge in [-0.15, -0.1) is 0 Å². The lowest BCUT2D eigenvalue weighted by Gasteiger charge is -2.22. The summed E-state index contributed by atoms with van der Waals surface area (Å²) in [6.45, 7) is 5.44. The zero-order chi connectivity index (χ0) is 13.8. The molecule has 0 radical (unpaired) electrons. The lowest BCUT2D eigenvalue weighted by Crippen LogP contribution is -2.32. The minimum Gasteiger partial charge on any atom is -0.355 e. The van der Waals surface area contributed by atoms with Gasteiger partial charge in [-0.05, 0) is 25.1 Å². The highest BCUT2D eigenvalue weighted by Crippen LogP contribution is 2.16. The number of fused-ring (bicyclic) bond motifs is 1. The molecule has 1 aliphatic rings. The molecule has 0 saturated carbocycles. The molecule has 1 aliphatic heterocycles. The van der Waals surface area contributed by atoms with Crippen molar-refractivity contribution in [3.05, 3.63) is 24.5 Å². The fourth-order valence-corrected chi connectivity index (χ4v) is 3.07. The number of rotatable bonds is 3. The van der Waals surface area contributed by atoms with Crippen molar-refractivity contribution in [3.8, 4) is 0 Å². The molecule has 0 atom stereocenters. The lowest BCUT2D eigenvalue weighted by molar-refractivity contribution is 0.313. The van der Waals surface area contributed by atoms with E-state index in [0.29, 0.717) is 0 Å². The number of alkyl halides is 1. The Morgan fingerprint density at radius 3 is 2.85 bits per heavy atom. The van der Waals surface area contributed by atoms with Gasteiger partial charge in [-0.25, -0.2) is 9.97 Å². The second-order valence-corrected chi connectivity index (χ2v) is 5.73. The summed E-state index contributed by atoms with van der Waals surface area (Å²) in [4.78, 5) is 18.0.